The Morgan fingerprint density at radius 2 is 1.87 bits per heavy atom. The van der Waals surface area contributed by atoms with Crippen LogP contribution >= 0.6 is 0 Å². The molecule has 0 radical (unpaired) electrons. The maximum Gasteiger partial charge on any atom is 0.434 e. The van der Waals surface area contributed by atoms with Gasteiger partial charge in [0, 0.05) is 31.0 Å². The fourth-order valence-electron chi connectivity index (χ4n) is 3.84. The largest absolute Gasteiger partial charge is 0.434 e. The van der Waals surface area contributed by atoms with Crippen molar-refractivity contribution in [2.75, 3.05) is 5.32 Å². The Hall–Kier alpha value is -3.04. The summed E-state index contributed by atoms with van der Waals surface area (Å²) in [6, 6.07) is 5.16. The number of carbonyl (C=O) groups is 1. The van der Waals surface area contributed by atoms with Gasteiger partial charge in [-0.15, -0.1) is 0 Å². The molecule has 160 valence electrons. The van der Waals surface area contributed by atoms with Gasteiger partial charge in [-0.25, -0.2) is 4.98 Å². The van der Waals surface area contributed by atoms with Gasteiger partial charge in [0.15, 0.2) is 5.69 Å². The lowest BCUT2D eigenvalue weighted by molar-refractivity contribution is -0.140. The molecular weight excluding hydrogens is 397 g/mol. The molecule has 0 bridgehead atoms. The SMILES string of the molecule is Cc1c(C(=O)NC2CCC(Nc3cccc4nc(C(F)(F)F)cn34)CC2)cnn1C. The molecule has 1 fully saturated rings. The first kappa shape index (κ1) is 20.2. The van der Waals surface area contributed by atoms with Gasteiger partial charge in [-0.3, -0.25) is 13.9 Å². The molecule has 0 atom stereocenters. The predicted octanol–water partition coefficient (Wildman–Crippen LogP) is 3.55. The Morgan fingerprint density at radius 3 is 2.50 bits per heavy atom. The van der Waals surface area contributed by atoms with Crippen LogP contribution in [0.15, 0.2) is 30.6 Å². The molecule has 2 N–H and O–H groups in total. The molecule has 3 heterocycles. The second kappa shape index (κ2) is 7.66. The van der Waals surface area contributed by atoms with Crippen molar-refractivity contribution in [3.05, 3.63) is 47.5 Å². The number of halogens is 3. The zero-order valence-electron chi connectivity index (χ0n) is 16.7. The quantitative estimate of drug-likeness (QED) is 0.677. The van der Waals surface area contributed by atoms with Gasteiger partial charge in [-0.05, 0) is 44.7 Å². The van der Waals surface area contributed by atoms with E-state index >= 15 is 0 Å². The van der Waals surface area contributed by atoms with E-state index < -0.39 is 11.9 Å². The number of hydrogen-bond acceptors (Lipinski definition) is 4. The molecule has 1 amide bonds. The Bertz CT molecular complexity index is 1060. The summed E-state index contributed by atoms with van der Waals surface area (Å²) in [5, 5.41) is 10.5. The number of rotatable bonds is 4. The molecule has 3 aromatic heterocycles. The number of aryl methyl sites for hydroxylation is 1. The number of pyridine rings is 1. The number of imidazole rings is 1. The zero-order valence-corrected chi connectivity index (χ0v) is 16.7. The standard InChI is InChI=1S/C20H23F3N6O/c1-12-15(10-24-28(12)2)19(30)26-14-8-6-13(7-9-14)25-17-4-3-5-18-27-16(11-29(17)18)20(21,22)23/h3-5,10-11,13-14,25H,6-9H2,1-2H3,(H,26,30). The van der Waals surface area contributed by atoms with E-state index in [9.17, 15) is 18.0 Å². The molecule has 0 aliphatic heterocycles. The minimum atomic E-state index is -4.48. The first-order valence-electron chi connectivity index (χ1n) is 9.83. The number of aromatic nitrogens is 4. The molecule has 0 aromatic carbocycles. The number of alkyl halides is 3. The third-order valence-electron chi connectivity index (χ3n) is 5.68. The maximum atomic E-state index is 13.0. The van der Waals surface area contributed by atoms with Crippen molar-refractivity contribution in [2.45, 2.75) is 50.9 Å². The molecule has 1 aliphatic carbocycles. The normalized spacial score (nSPS) is 19.8. The highest BCUT2D eigenvalue weighted by Gasteiger charge is 2.34. The number of nitrogens with one attached hydrogen (secondary N) is 2. The molecule has 1 aliphatic rings. The lowest BCUT2D eigenvalue weighted by atomic mass is 9.91. The topological polar surface area (TPSA) is 76.2 Å². The molecule has 30 heavy (non-hydrogen) atoms. The third-order valence-corrected chi connectivity index (χ3v) is 5.68. The van der Waals surface area contributed by atoms with E-state index in [2.05, 4.69) is 20.7 Å². The van der Waals surface area contributed by atoms with Crippen molar-refractivity contribution in [3.63, 3.8) is 0 Å². The smallest absolute Gasteiger partial charge is 0.368 e. The molecule has 0 unspecified atom stereocenters. The van der Waals surface area contributed by atoms with Crippen LogP contribution < -0.4 is 10.6 Å². The number of fused-ring (bicyclic) bond motifs is 1. The van der Waals surface area contributed by atoms with E-state index in [-0.39, 0.29) is 23.6 Å². The van der Waals surface area contributed by atoms with Gasteiger partial charge in [-0.2, -0.15) is 18.3 Å². The Labute approximate surface area is 171 Å². The number of hydrogen-bond donors (Lipinski definition) is 2. The minimum absolute atomic E-state index is 0.0658. The second-order valence-electron chi connectivity index (χ2n) is 7.70. The van der Waals surface area contributed by atoms with E-state index in [0.717, 1.165) is 37.6 Å². The number of nitrogens with zero attached hydrogens (tertiary/aromatic N) is 4. The molecule has 7 nitrogen and oxygen atoms in total. The van der Waals surface area contributed by atoms with Crippen molar-refractivity contribution in [3.8, 4) is 0 Å². The summed E-state index contributed by atoms with van der Waals surface area (Å²) in [7, 11) is 1.79. The van der Waals surface area contributed by atoms with Crippen LogP contribution in [0.1, 0.15) is 47.4 Å². The Morgan fingerprint density at radius 1 is 1.17 bits per heavy atom. The van der Waals surface area contributed by atoms with Gasteiger partial charge >= 0.3 is 6.18 Å². The fraction of sp³-hybridized carbons (Fsp3) is 0.450. The highest BCUT2D eigenvalue weighted by atomic mass is 19.4. The van der Waals surface area contributed by atoms with Crippen molar-refractivity contribution in [1.29, 1.82) is 0 Å². The number of carbonyl (C=O) groups excluding carboxylic acids is 1. The molecule has 0 saturated heterocycles. The molecule has 0 spiro atoms. The minimum Gasteiger partial charge on any atom is -0.368 e. The molecule has 4 rings (SSSR count). The van der Waals surface area contributed by atoms with Gasteiger partial charge in [0.25, 0.3) is 5.91 Å². The van der Waals surface area contributed by atoms with E-state index in [4.69, 9.17) is 0 Å². The molecule has 10 heteroatoms. The van der Waals surface area contributed by atoms with Crippen molar-refractivity contribution in [2.24, 2.45) is 7.05 Å². The van der Waals surface area contributed by atoms with Crippen LogP contribution in [0.5, 0.6) is 0 Å². The molecular formula is C20H23F3N6O. The van der Waals surface area contributed by atoms with Gasteiger partial charge in [0.2, 0.25) is 0 Å². The summed E-state index contributed by atoms with van der Waals surface area (Å²) < 4.78 is 42.0. The van der Waals surface area contributed by atoms with Crippen LogP contribution in [-0.2, 0) is 13.2 Å². The third kappa shape index (κ3) is 3.99. The van der Waals surface area contributed by atoms with Gasteiger partial charge in [0.1, 0.15) is 11.5 Å². The number of anilines is 1. The summed E-state index contributed by atoms with van der Waals surface area (Å²) >= 11 is 0. The van der Waals surface area contributed by atoms with Crippen LogP contribution in [0.2, 0.25) is 0 Å². The average molecular weight is 420 g/mol. The van der Waals surface area contributed by atoms with Crippen molar-refractivity contribution in [1.82, 2.24) is 24.5 Å². The van der Waals surface area contributed by atoms with Gasteiger partial charge < -0.3 is 10.6 Å². The van der Waals surface area contributed by atoms with E-state index in [1.54, 1.807) is 36.1 Å². The van der Waals surface area contributed by atoms with E-state index in [1.807, 2.05) is 6.92 Å². The van der Waals surface area contributed by atoms with E-state index in [1.165, 1.54) is 4.40 Å². The van der Waals surface area contributed by atoms with Gasteiger partial charge in [0.05, 0.1) is 11.8 Å². The van der Waals surface area contributed by atoms with Gasteiger partial charge in [-0.1, -0.05) is 6.07 Å². The summed E-state index contributed by atoms with van der Waals surface area (Å²) in [5.74, 6) is 0.453. The lowest BCUT2D eigenvalue weighted by Crippen LogP contribution is -2.40. The molecule has 1 saturated carbocycles. The first-order valence-corrected chi connectivity index (χ1v) is 9.83. The molecule has 3 aromatic rings. The van der Waals surface area contributed by atoms with Crippen LogP contribution in [0, 0.1) is 6.92 Å². The monoisotopic (exact) mass is 420 g/mol. The second-order valence-corrected chi connectivity index (χ2v) is 7.70. The first-order chi connectivity index (χ1) is 14.2. The van der Waals surface area contributed by atoms with Crippen LogP contribution in [-0.4, -0.2) is 37.2 Å². The zero-order chi connectivity index (χ0) is 21.5. The average Bonchev–Trinajstić information content (AvgIpc) is 3.28. The highest BCUT2D eigenvalue weighted by Crippen LogP contribution is 2.30. The summed E-state index contributed by atoms with van der Waals surface area (Å²) in [5.41, 5.74) is 0.730. The summed E-state index contributed by atoms with van der Waals surface area (Å²) in [4.78, 5) is 16.1. The Kier molecular flexibility index (Phi) is 5.17. The summed E-state index contributed by atoms with van der Waals surface area (Å²) in [6.45, 7) is 1.85. The lowest BCUT2D eigenvalue weighted by Gasteiger charge is -2.30. The summed E-state index contributed by atoms with van der Waals surface area (Å²) in [6.07, 6.45) is 1.28. The van der Waals surface area contributed by atoms with E-state index in [0.29, 0.717) is 11.4 Å². The van der Waals surface area contributed by atoms with Crippen LogP contribution in [0.3, 0.4) is 0 Å². The van der Waals surface area contributed by atoms with Crippen molar-refractivity contribution < 1.29 is 18.0 Å². The van der Waals surface area contributed by atoms with Crippen molar-refractivity contribution >= 4 is 17.4 Å². The highest BCUT2D eigenvalue weighted by molar-refractivity contribution is 5.95. The Balaban J connectivity index is 1.38. The van der Waals surface area contributed by atoms with Crippen LogP contribution in [0.4, 0.5) is 19.0 Å². The fourth-order valence-corrected chi connectivity index (χ4v) is 3.84. The predicted molar refractivity (Wildman–Crippen MR) is 105 cm³/mol. The van der Waals surface area contributed by atoms with Crippen LogP contribution in [0.25, 0.3) is 5.65 Å². The maximum absolute atomic E-state index is 13.0. The number of amides is 1.